The van der Waals surface area contributed by atoms with E-state index in [1.54, 1.807) is 36.4 Å². The van der Waals surface area contributed by atoms with Crippen molar-refractivity contribution < 1.29 is 19.4 Å². The van der Waals surface area contributed by atoms with Crippen molar-refractivity contribution in [3.05, 3.63) is 70.7 Å². The van der Waals surface area contributed by atoms with Crippen LogP contribution in [0.25, 0.3) is 16.6 Å². The number of imidazole rings is 1. The first-order valence-electron chi connectivity index (χ1n) is 8.44. The summed E-state index contributed by atoms with van der Waals surface area (Å²) in [5, 5.41) is 22.3. The molecule has 0 unspecified atom stereocenters. The first-order valence-corrected chi connectivity index (χ1v) is 8.82. The number of carbonyl (C=O) groups is 2. The van der Waals surface area contributed by atoms with Crippen LogP contribution in [0.3, 0.4) is 0 Å². The number of hydrogen-bond donors (Lipinski definition) is 3. The molecular weight excluding hydrogens is 396 g/mol. The van der Waals surface area contributed by atoms with Gasteiger partial charge in [0.2, 0.25) is 0 Å². The summed E-state index contributed by atoms with van der Waals surface area (Å²) in [6.07, 6.45) is 0. The molecule has 1 amide bonds. The van der Waals surface area contributed by atoms with E-state index in [9.17, 15) is 20.0 Å². The summed E-state index contributed by atoms with van der Waals surface area (Å²) < 4.78 is 4.91. The van der Waals surface area contributed by atoms with Gasteiger partial charge >= 0.3 is 5.97 Å². The molecule has 2 aromatic carbocycles. The zero-order chi connectivity index (χ0) is 20.8. The third kappa shape index (κ3) is 4.91. The van der Waals surface area contributed by atoms with Crippen LogP contribution >= 0.6 is 11.6 Å². The highest BCUT2D eigenvalue weighted by atomic mass is 35.5. The average molecular weight is 411 g/mol. The lowest BCUT2D eigenvalue weighted by atomic mass is 10.2. The van der Waals surface area contributed by atoms with E-state index in [-0.39, 0.29) is 11.4 Å². The fourth-order valence-electron chi connectivity index (χ4n) is 2.45. The Morgan fingerprint density at radius 2 is 1.93 bits per heavy atom. The number of aromatic amines is 1. The van der Waals surface area contributed by atoms with Gasteiger partial charge in [0, 0.05) is 10.6 Å². The van der Waals surface area contributed by atoms with Crippen molar-refractivity contribution in [3.63, 3.8) is 0 Å². The van der Waals surface area contributed by atoms with Crippen molar-refractivity contribution in [1.82, 2.24) is 15.3 Å². The summed E-state index contributed by atoms with van der Waals surface area (Å²) >= 11 is 5.76. The maximum absolute atomic E-state index is 11.9. The highest BCUT2D eigenvalue weighted by molar-refractivity contribution is 6.30. The number of fused-ring (bicyclic) bond motifs is 1. The molecule has 0 fully saturated rings. The van der Waals surface area contributed by atoms with Gasteiger partial charge in [-0.25, -0.2) is 4.98 Å². The summed E-state index contributed by atoms with van der Waals surface area (Å²) in [6, 6.07) is 15.1. The minimum atomic E-state index is -0.777. The van der Waals surface area contributed by atoms with E-state index in [2.05, 4.69) is 15.3 Å². The molecule has 0 aliphatic heterocycles. The van der Waals surface area contributed by atoms with Crippen LogP contribution in [0.4, 0.5) is 0 Å². The van der Waals surface area contributed by atoms with E-state index >= 15 is 0 Å². The summed E-state index contributed by atoms with van der Waals surface area (Å²) in [5.41, 5.74) is 1.52. The number of allylic oxidation sites excluding steroid dienone is 1. The van der Waals surface area contributed by atoms with Crippen molar-refractivity contribution in [2.45, 2.75) is 0 Å². The van der Waals surface area contributed by atoms with Crippen molar-refractivity contribution in [3.8, 4) is 6.07 Å². The number of esters is 1. The molecule has 3 rings (SSSR count). The number of nitriles is 1. The third-order valence-electron chi connectivity index (χ3n) is 3.90. The molecule has 0 bridgehead atoms. The number of ether oxygens (including phenoxy) is 1. The number of nitrogens with zero attached hydrogens (tertiary/aromatic N) is 2. The van der Waals surface area contributed by atoms with Gasteiger partial charge in [0.15, 0.2) is 11.6 Å². The smallest absolute Gasteiger partial charge is 0.325 e. The first-order chi connectivity index (χ1) is 14.0. The molecule has 0 aliphatic carbocycles. The number of aliphatic hydroxyl groups excluding tert-OH is 1. The fourth-order valence-corrected chi connectivity index (χ4v) is 2.58. The Bertz CT molecular complexity index is 1100. The van der Waals surface area contributed by atoms with Gasteiger partial charge < -0.3 is 20.1 Å². The quantitative estimate of drug-likeness (QED) is 0.325. The number of nitrogens with one attached hydrogen (secondary N) is 2. The second-order valence-electron chi connectivity index (χ2n) is 5.89. The zero-order valence-corrected chi connectivity index (χ0v) is 15.7. The van der Waals surface area contributed by atoms with Crippen LogP contribution in [0.2, 0.25) is 5.02 Å². The molecular formula is C20H15ClN4O4. The standard InChI is InChI=1S/C20H15ClN4O4/c21-13-7-5-12(6-8-13)20(28)23-10-18(27)29-11-17(26)14(9-22)19-24-15-3-1-2-4-16(15)25-19/h1-8,26H,10-11H2,(H,23,28)(H,24,25)/b17-14-. The maximum Gasteiger partial charge on any atom is 0.325 e. The molecule has 0 radical (unpaired) electrons. The molecule has 3 aromatic rings. The minimum absolute atomic E-state index is 0.140. The van der Waals surface area contributed by atoms with Crippen LogP contribution in [-0.4, -0.2) is 40.1 Å². The summed E-state index contributed by atoms with van der Waals surface area (Å²) in [6.45, 7) is -0.934. The van der Waals surface area contributed by atoms with Gasteiger partial charge in [-0.2, -0.15) is 5.26 Å². The van der Waals surface area contributed by atoms with E-state index in [0.717, 1.165) is 0 Å². The van der Waals surface area contributed by atoms with E-state index < -0.39 is 30.8 Å². The molecule has 0 aliphatic rings. The molecule has 0 saturated carbocycles. The number of hydrogen-bond acceptors (Lipinski definition) is 6. The topological polar surface area (TPSA) is 128 Å². The van der Waals surface area contributed by atoms with Gasteiger partial charge in [-0.3, -0.25) is 9.59 Å². The Hall–Kier alpha value is -3.83. The van der Waals surface area contributed by atoms with Crippen LogP contribution in [0.15, 0.2) is 54.3 Å². The predicted octanol–water partition coefficient (Wildman–Crippen LogP) is 2.98. The molecule has 0 saturated heterocycles. The van der Waals surface area contributed by atoms with Crippen LogP contribution in [0, 0.1) is 11.3 Å². The average Bonchev–Trinajstić information content (AvgIpc) is 3.15. The number of aromatic nitrogens is 2. The van der Waals surface area contributed by atoms with Gasteiger partial charge in [-0.1, -0.05) is 23.7 Å². The molecule has 3 N–H and O–H groups in total. The number of H-pyrrole nitrogens is 1. The van der Waals surface area contributed by atoms with E-state index in [1.165, 1.54) is 12.1 Å². The monoisotopic (exact) mass is 410 g/mol. The summed E-state index contributed by atoms with van der Waals surface area (Å²) in [4.78, 5) is 30.9. The SMILES string of the molecule is N#C/C(=C(/O)COC(=O)CNC(=O)c1ccc(Cl)cc1)c1nc2ccccc2[nH]1. The number of carbonyl (C=O) groups excluding carboxylic acids is 2. The van der Waals surface area contributed by atoms with Gasteiger partial charge in [0.05, 0.1) is 11.0 Å². The molecule has 29 heavy (non-hydrogen) atoms. The summed E-state index contributed by atoms with van der Waals surface area (Å²) in [5.74, 6) is -1.54. The lowest BCUT2D eigenvalue weighted by Crippen LogP contribution is -2.30. The van der Waals surface area contributed by atoms with E-state index in [4.69, 9.17) is 16.3 Å². The molecule has 0 atom stereocenters. The fraction of sp³-hybridized carbons (Fsp3) is 0.100. The Balaban J connectivity index is 1.58. The number of amides is 1. The molecule has 146 valence electrons. The van der Waals surface area contributed by atoms with Gasteiger partial charge in [-0.15, -0.1) is 0 Å². The highest BCUT2D eigenvalue weighted by Gasteiger charge is 2.15. The third-order valence-corrected chi connectivity index (χ3v) is 4.15. The lowest BCUT2D eigenvalue weighted by Gasteiger charge is -2.07. The van der Waals surface area contributed by atoms with Crippen molar-refractivity contribution in [2.75, 3.05) is 13.2 Å². The Labute approximate surface area is 170 Å². The number of aliphatic hydroxyl groups is 1. The zero-order valence-electron chi connectivity index (χ0n) is 15.0. The van der Waals surface area contributed by atoms with Crippen LogP contribution in [-0.2, 0) is 9.53 Å². The van der Waals surface area contributed by atoms with E-state index in [1.807, 2.05) is 6.07 Å². The van der Waals surface area contributed by atoms with Crippen molar-refractivity contribution >= 4 is 40.1 Å². The van der Waals surface area contributed by atoms with Gasteiger partial charge in [0.25, 0.3) is 5.91 Å². The van der Waals surface area contributed by atoms with Crippen LogP contribution in [0.5, 0.6) is 0 Å². The Morgan fingerprint density at radius 3 is 2.62 bits per heavy atom. The summed E-state index contributed by atoms with van der Waals surface area (Å²) in [7, 11) is 0. The van der Waals surface area contributed by atoms with Crippen molar-refractivity contribution in [1.29, 1.82) is 5.26 Å². The normalized spacial score (nSPS) is 11.4. The Morgan fingerprint density at radius 1 is 1.21 bits per heavy atom. The Kier molecular flexibility index (Phi) is 6.12. The van der Waals surface area contributed by atoms with Crippen molar-refractivity contribution in [2.24, 2.45) is 0 Å². The minimum Gasteiger partial charge on any atom is -0.507 e. The van der Waals surface area contributed by atoms with E-state index in [0.29, 0.717) is 21.6 Å². The first kappa shape index (κ1) is 19.9. The second-order valence-corrected chi connectivity index (χ2v) is 6.32. The number of halogens is 1. The maximum atomic E-state index is 11.9. The second kappa shape index (κ2) is 8.91. The molecule has 1 aromatic heterocycles. The lowest BCUT2D eigenvalue weighted by molar-refractivity contribution is -0.142. The molecule has 8 nitrogen and oxygen atoms in total. The number of rotatable bonds is 6. The number of para-hydroxylation sites is 2. The van der Waals surface area contributed by atoms with Gasteiger partial charge in [-0.05, 0) is 36.4 Å². The largest absolute Gasteiger partial charge is 0.507 e. The van der Waals surface area contributed by atoms with Crippen LogP contribution < -0.4 is 5.32 Å². The van der Waals surface area contributed by atoms with Gasteiger partial charge in [0.1, 0.15) is 24.8 Å². The number of benzene rings is 2. The molecule has 9 heteroatoms. The van der Waals surface area contributed by atoms with Crippen LogP contribution in [0.1, 0.15) is 16.2 Å². The molecule has 1 heterocycles. The predicted molar refractivity (Wildman–Crippen MR) is 106 cm³/mol. The molecule has 0 spiro atoms. The highest BCUT2D eigenvalue weighted by Crippen LogP contribution is 2.18.